The Balaban J connectivity index is 1.88. The van der Waals surface area contributed by atoms with Gasteiger partial charge in [-0.15, -0.1) is 0 Å². The lowest BCUT2D eigenvalue weighted by atomic mass is 10.1. The second-order valence-corrected chi connectivity index (χ2v) is 7.64. The number of aliphatic hydroxyl groups excluding tert-OH is 1. The quantitative estimate of drug-likeness (QED) is 0.446. The summed E-state index contributed by atoms with van der Waals surface area (Å²) >= 11 is 12.6. The van der Waals surface area contributed by atoms with Crippen LogP contribution in [0.4, 0.5) is 17.5 Å². The molecule has 0 bridgehead atoms. The van der Waals surface area contributed by atoms with Crippen LogP contribution in [0, 0.1) is 11.3 Å². The summed E-state index contributed by atoms with van der Waals surface area (Å²) in [5, 5.41) is 26.0. The van der Waals surface area contributed by atoms with Crippen LogP contribution in [-0.4, -0.2) is 27.7 Å². The van der Waals surface area contributed by atoms with Crippen molar-refractivity contribution in [1.82, 2.24) is 9.97 Å². The maximum absolute atomic E-state index is 9.50. The zero-order valence-corrected chi connectivity index (χ0v) is 17.9. The normalized spacial score (nSPS) is 11.6. The molecule has 0 radical (unpaired) electrons. The molecule has 0 amide bonds. The molecule has 0 fully saturated rings. The van der Waals surface area contributed by atoms with Crippen LogP contribution in [-0.2, 0) is 6.42 Å². The van der Waals surface area contributed by atoms with Crippen molar-refractivity contribution < 1.29 is 5.11 Å². The molecule has 0 aliphatic carbocycles. The molecule has 0 spiro atoms. The number of rotatable bonds is 8. The predicted molar refractivity (Wildman–Crippen MR) is 121 cm³/mol. The van der Waals surface area contributed by atoms with Gasteiger partial charge in [0.05, 0.1) is 23.4 Å². The number of hydrogen-bond donors (Lipinski definition) is 3. The van der Waals surface area contributed by atoms with Gasteiger partial charge >= 0.3 is 0 Å². The molecule has 0 aliphatic rings. The summed E-state index contributed by atoms with van der Waals surface area (Å²) in [6.45, 7) is 2.31. The Hall–Kier alpha value is -2.85. The van der Waals surface area contributed by atoms with Crippen LogP contribution in [0.5, 0.6) is 0 Å². The SMILES string of the molecule is CC(O)CCNc1cc(Cc2c(Cl)cccc2Cl)nc(Nc2ccc(C#N)cc2)n1. The van der Waals surface area contributed by atoms with Crippen molar-refractivity contribution in [3.63, 3.8) is 0 Å². The Morgan fingerprint density at radius 1 is 1.10 bits per heavy atom. The molecule has 0 saturated heterocycles. The van der Waals surface area contributed by atoms with Gasteiger partial charge in [0.25, 0.3) is 0 Å². The van der Waals surface area contributed by atoms with E-state index in [9.17, 15) is 5.11 Å². The summed E-state index contributed by atoms with van der Waals surface area (Å²) in [5.74, 6) is 1.03. The number of halogens is 2. The molecule has 1 aromatic heterocycles. The van der Waals surface area contributed by atoms with Crippen molar-refractivity contribution in [3.8, 4) is 6.07 Å². The third-order valence-electron chi connectivity index (χ3n) is 4.34. The van der Waals surface area contributed by atoms with Gasteiger partial charge in [-0.3, -0.25) is 0 Å². The minimum Gasteiger partial charge on any atom is -0.393 e. The number of nitrogens with zero attached hydrogens (tertiary/aromatic N) is 3. The van der Waals surface area contributed by atoms with Gasteiger partial charge in [-0.1, -0.05) is 29.3 Å². The highest BCUT2D eigenvalue weighted by Gasteiger charge is 2.11. The van der Waals surface area contributed by atoms with Crippen LogP contribution < -0.4 is 10.6 Å². The topological polar surface area (TPSA) is 93.9 Å². The van der Waals surface area contributed by atoms with Crippen molar-refractivity contribution in [2.75, 3.05) is 17.2 Å². The lowest BCUT2D eigenvalue weighted by Gasteiger charge is -2.13. The molecule has 6 nitrogen and oxygen atoms in total. The first kappa shape index (κ1) is 21.8. The van der Waals surface area contributed by atoms with Crippen LogP contribution in [0.3, 0.4) is 0 Å². The predicted octanol–water partition coefficient (Wildman–Crippen LogP) is 5.17. The average Bonchev–Trinajstić information content (AvgIpc) is 2.71. The smallest absolute Gasteiger partial charge is 0.229 e. The highest BCUT2D eigenvalue weighted by atomic mass is 35.5. The lowest BCUT2D eigenvalue weighted by Crippen LogP contribution is -2.12. The zero-order valence-electron chi connectivity index (χ0n) is 16.4. The summed E-state index contributed by atoms with van der Waals surface area (Å²) in [4.78, 5) is 9.11. The molecule has 3 aromatic rings. The minimum atomic E-state index is -0.406. The van der Waals surface area contributed by atoms with Crippen LogP contribution >= 0.6 is 23.2 Å². The van der Waals surface area contributed by atoms with Crippen molar-refractivity contribution in [1.29, 1.82) is 5.26 Å². The summed E-state index contributed by atoms with van der Waals surface area (Å²) in [6, 6.07) is 16.3. The highest BCUT2D eigenvalue weighted by Crippen LogP contribution is 2.27. The van der Waals surface area contributed by atoms with E-state index in [0.717, 1.165) is 16.9 Å². The largest absolute Gasteiger partial charge is 0.393 e. The van der Waals surface area contributed by atoms with Gasteiger partial charge in [-0.05, 0) is 55.3 Å². The van der Waals surface area contributed by atoms with Gasteiger partial charge in [0, 0.05) is 34.8 Å². The highest BCUT2D eigenvalue weighted by molar-refractivity contribution is 6.36. The van der Waals surface area contributed by atoms with Gasteiger partial charge in [-0.2, -0.15) is 10.2 Å². The molecule has 2 aromatic carbocycles. The summed E-state index contributed by atoms with van der Waals surface area (Å²) in [5.41, 5.74) is 2.86. The molecule has 3 N–H and O–H groups in total. The zero-order chi connectivity index (χ0) is 21.5. The van der Waals surface area contributed by atoms with Gasteiger partial charge in [0.15, 0.2) is 0 Å². The van der Waals surface area contributed by atoms with Crippen LogP contribution in [0.1, 0.15) is 30.2 Å². The molecule has 8 heteroatoms. The average molecular weight is 442 g/mol. The Morgan fingerprint density at radius 3 is 2.43 bits per heavy atom. The van der Waals surface area contributed by atoms with Crippen molar-refractivity contribution >= 4 is 40.7 Å². The monoisotopic (exact) mass is 441 g/mol. The molecule has 1 unspecified atom stereocenters. The second kappa shape index (κ2) is 10.3. The fraction of sp³-hybridized carbons (Fsp3) is 0.227. The van der Waals surface area contributed by atoms with E-state index in [4.69, 9.17) is 28.5 Å². The molecule has 0 saturated carbocycles. The number of nitrogens with one attached hydrogen (secondary N) is 2. The van der Waals surface area contributed by atoms with E-state index in [1.54, 1.807) is 49.4 Å². The van der Waals surface area contributed by atoms with E-state index in [0.29, 0.717) is 46.8 Å². The van der Waals surface area contributed by atoms with E-state index in [1.807, 2.05) is 6.07 Å². The number of aromatic nitrogens is 2. The first-order chi connectivity index (χ1) is 14.4. The molecule has 1 heterocycles. The first-order valence-corrected chi connectivity index (χ1v) is 10.2. The summed E-state index contributed by atoms with van der Waals surface area (Å²) < 4.78 is 0. The van der Waals surface area contributed by atoms with Gasteiger partial charge in [0.1, 0.15) is 5.82 Å². The molecule has 30 heavy (non-hydrogen) atoms. The molecule has 154 valence electrons. The van der Waals surface area contributed by atoms with Crippen molar-refractivity contribution in [2.24, 2.45) is 0 Å². The van der Waals surface area contributed by atoms with E-state index >= 15 is 0 Å². The Bertz CT molecular complexity index is 1030. The molecule has 0 aliphatic heterocycles. The Labute approximate surface area is 185 Å². The number of hydrogen-bond acceptors (Lipinski definition) is 6. The minimum absolute atomic E-state index is 0.403. The third-order valence-corrected chi connectivity index (χ3v) is 5.05. The van der Waals surface area contributed by atoms with Gasteiger partial charge < -0.3 is 15.7 Å². The summed E-state index contributed by atoms with van der Waals surface area (Å²) in [6.07, 6.45) is 0.624. The molecule has 1 atom stereocenters. The standard InChI is InChI=1S/C22H21Cl2N5O/c1-14(30)9-10-26-21-12-17(11-18-19(23)3-2-4-20(18)24)28-22(29-21)27-16-7-5-15(13-25)6-8-16/h2-8,12,14,30H,9-11H2,1H3,(H2,26,27,28,29). The van der Waals surface area contributed by atoms with Crippen molar-refractivity contribution in [3.05, 3.63) is 75.4 Å². The molecular formula is C22H21Cl2N5O. The number of anilines is 3. The maximum Gasteiger partial charge on any atom is 0.229 e. The second-order valence-electron chi connectivity index (χ2n) is 6.82. The summed E-state index contributed by atoms with van der Waals surface area (Å²) in [7, 11) is 0. The van der Waals surface area contributed by atoms with E-state index < -0.39 is 6.10 Å². The number of benzene rings is 2. The molecular weight excluding hydrogens is 421 g/mol. The third kappa shape index (κ3) is 6.07. The Morgan fingerprint density at radius 2 is 1.80 bits per heavy atom. The van der Waals surface area contributed by atoms with E-state index in [-0.39, 0.29) is 0 Å². The van der Waals surface area contributed by atoms with Crippen LogP contribution in [0.15, 0.2) is 48.5 Å². The first-order valence-electron chi connectivity index (χ1n) is 9.44. The fourth-order valence-corrected chi connectivity index (χ4v) is 3.31. The maximum atomic E-state index is 9.50. The van der Waals surface area contributed by atoms with Crippen molar-refractivity contribution in [2.45, 2.75) is 25.9 Å². The van der Waals surface area contributed by atoms with E-state index in [1.165, 1.54) is 0 Å². The molecule has 3 rings (SSSR count). The van der Waals surface area contributed by atoms with Gasteiger partial charge in [0.2, 0.25) is 5.95 Å². The number of nitriles is 1. The Kier molecular flexibility index (Phi) is 7.47. The fourth-order valence-electron chi connectivity index (χ4n) is 2.78. The van der Waals surface area contributed by atoms with E-state index in [2.05, 4.69) is 26.7 Å². The number of aliphatic hydroxyl groups is 1. The van der Waals surface area contributed by atoms with Gasteiger partial charge in [-0.25, -0.2) is 4.98 Å². The van der Waals surface area contributed by atoms with Crippen LogP contribution in [0.2, 0.25) is 10.0 Å². The van der Waals surface area contributed by atoms with Crippen LogP contribution in [0.25, 0.3) is 0 Å². The lowest BCUT2D eigenvalue weighted by molar-refractivity contribution is 0.188.